The average molecular weight is 617 g/mol. The van der Waals surface area contributed by atoms with Crippen molar-refractivity contribution in [2.45, 2.75) is 82.1 Å². The van der Waals surface area contributed by atoms with Crippen molar-refractivity contribution in [3.8, 4) is 17.2 Å². The number of carboxylic acids is 1. The highest BCUT2D eigenvalue weighted by Gasteiger charge is 2.54. The SMILES string of the molecule is C[C@@H](COc1ccnc2c1CCCC2)CC1Cc2cc3c(cc2C12CCC(Nc1cccc(Cl)c1)(C(=O)O)CC2)OCCO3. The lowest BCUT2D eigenvalue weighted by Gasteiger charge is -2.47. The van der Waals surface area contributed by atoms with Crippen LogP contribution in [0.5, 0.6) is 17.2 Å². The monoisotopic (exact) mass is 616 g/mol. The molecular formula is C36H41ClN2O5. The van der Waals surface area contributed by atoms with E-state index in [2.05, 4.69) is 29.4 Å². The zero-order chi connectivity index (χ0) is 30.3. The zero-order valence-electron chi connectivity index (χ0n) is 25.4. The van der Waals surface area contributed by atoms with Gasteiger partial charge in [0.15, 0.2) is 11.5 Å². The highest BCUT2D eigenvalue weighted by Crippen LogP contribution is 2.58. The van der Waals surface area contributed by atoms with E-state index in [9.17, 15) is 9.90 Å². The minimum absolute atomic E-state index is 0.135. The fourth-order valence-electron chi connectivity index (χ4n) is 8.30. The molecule has 7 nitrogen and oxygen atoms in total. The van der Waals surface area contributed by atoms with Crippen LogP contribution in [0.3, 0.4) is 0 Å². The summed E-state index contributed by atoms with van der Waals surface area (Å²) >= 11 is 6.24. The Morgan fingerprint density at radius 3 is 2.64 bits per heavy atom. The Bertz CT molecular complexity index is 1550. The Morgan fingerprint density at radius 1 is 1.09 bits per heavy atom. The van der Waals surface area contributed by atoms with E-state index < -0.39 is 11.5 Å². The molecule has 8 heteroatoms. The van der Waals surface area contributed by atoms with E-state index in [0.717, 1.165) is 61.5 Å². The molecule has 44 heavy (non-hydrogen) atoms. The van der Waals surface area contributed by atoms with Crippen LogP contribution < -0.4 is 19.5 Å². The summed E-state index contributed by atoms with van der Waals surface area (Å²) in [5, 5.41) is 14.5. The molecule has 1 aromatic heterocycles. The molecule has 1 aliphatic heterocycles. The predicted molar refractivity (Wildman–Crippen MR) is 170 cm³/mol. The van der Waals surface area contributed by atoms with Gasteiger partial charge in [-0.1, -0.05) is 24.6 Å². The first-order valence-corrected chi connectivity index (χ1v) is 16.5. The number of fused-ring (bicyclic) bond motifs is 4. The van der Waals surface area contributed by atoms with Crippen molar-refractivity contribution >= 4 is 23.3 Å². The molecule has 3 aromatic rings. The van der Waals surface area contributed by atoms with Gasteiger partial charge in [-0.25, -0.2) is 4.79 Å². The molecule has 0 saturated heterocycles. The number of hydrogen-bond acceptors (Lipinski definition) is 6. The van der Waals surface area contributed by atoms with Crippen molar-refractivity contribution in [1.82, 2.24) is 4.98 Å². The number of carboxylic acid groups (broad SMARTS) is 1. The van der Waals surface area contributed by atoms with Gasteiger partial charge in [-0.15, -0.1) is 0 Å². The van der Waals surface area contributed by atoms with E-state index in [-0.39, 0.29) is 5.41 Å². The number of hydrogen-bond donors (Lipinski definition) is 2. The summed E-state index contributed by atoms with van der Waals surface area (Å²) in [5.41, 5.74) is 4.64. The highest BCUT2D eigenvalue weighted by molar-refractivity contribution is 6.30. The van der Waals surface area contributed by atoms with Crippen molar-refractivity contribution in [3.63, 3.8) is 0 Å². The van der Waals surface area contributed by atoms with Gasteiger partial charge in [-0.3, -0.25) is 4.98 Å². The Labute approximate surface area is 264 Å². The molecule has 0 amide bonds. The van der Waals surface area contributed by atoms with Crippen molar-refractivity contribution in [2.75, 3.05) is 25.1 Å². The van der Waals surface area contributed by atoms with Crippen LogP contribution in [0.15, 0.2) is 48.7 Å². The highest BCUT2D eigenvalue weighted by atomic mass is 35.5. The molecule has 0 bridgehead atoms. The van der Waals surface area contributed by atoms with Crippen LogP contribution in [0.4, 0.5) is 5.69 Å². The number of aliphatic carboxylic acids is 1. The van der Waals surface area contributed by atoms with Gasteiger partial charge in [0.2, 0.25) is 0 Å². The molecule has 232 valence electrons. The summed E-state index contributed by atoms with van der Waals surface area (Å²) in [4.78, 5) is 17.4. The minimum atomic E-state index is -1.05. The first-order chi connectivity index (χ1) is 21.3. The van der Waals surface area contributed by atoms with E-state index >= 15 is 0 Å². The fraction of sp³-hybridized carbons (Fsp3) is 0.500. The molecule has 2 atom stereocenters. The van der Waals surface area contributed by atoms with Crippen LogP contribution in [0, 0.1) is 11.8 Å². The standard InChI is InChI=1S/C36H41ClN2O5/c1-23(22-44-31-9-14-38-30-8-3-2-7-28(30)31)17-25-18-24-19-32-33(43-16-15-42-32)21-29(24)35(25)10-12-36(13-11-35,34(40)41)39-27-6-4-5-26(37)20-27/h4-6,9,14,19-21,23,25,39H,2-3,7-8,10-13,15-18,22H2,1H3,(H,40,41)/t23-,25?,35?,36?/m1/s1. The molecule has 1 unspecified atom stereocenters. The average Bonchev–Trinajstić information content (AvgIpc) is 3.30. The molecular weight excluding hydrogens is 576 g/mol. The van der Waals surface area contributed by atoms with Crippen LogP contribution in [-0.4, -0.2) is 41.4 Å². The summed E-state index contributed by atoms with van der Waals surface area (Å²) in [6.07, 6.45) is 10.9. The maximum Gasteiger partial charge on any atom is 0.329 e. The number of aryl methyl sites for hydroxylation is 1. The van der Waals surface area contributed by atoms with Crippen molar-refractivity contribution in [3.05, 3.63) is 76.1 Å². The van der Waals surface area contributed by atoms with Crippen molar-refractivity contribution in [2.24, 2.45) is 11.8 Å². The number of nitrogens with zero attached hydrogens (tertiary/aromatic N) is 1. The quantitative estimate of drug-likeness (QED) is 0.272. The third-order valence-electron chi connectivity index (χ3n) is 10.6. The van der Waals surface area contributed by atoms with Crippen LogP contribution in [0.25, 0.3) is 0 Å². The number of nitrogens with one attached hydrogen (secondary N) is 1. The lowest BCUT2D eigenvalue weighted by atomic mass is 9.59. The number of anilines is 1. The molecule has 2 heterocycles. The number of ether oxygens (including phenoxy) is 3. The second-order valence-electron chi connectivity index (χ2n) is 13.3. The summed E-state index contributed by atoms with van der Waals surface area (Å²) in [6.45, 7) is 4.04. The van der Waals surface area contributed by atoms with Crippen LogP contribution in [-0.2, 0) is 29.5 Å². The molecule has 2 aromatic carbocycles. The zero-order valence-corrected chi connectivity index (χ0v) is 26.1. The summed E-state index contributed by atoms with van der Waals surface area (Å²) in [7, 11) is 0. The topological polar surface area (TPSA) is 89.9 Å². The summed E-state index contributed by atoms with van der Waals surface area (Å²) < 4.78 is 18.5. The van der Waals surface area contributed by atoms with Gasteiger partial charge in [-0.05, 0) is 129 Å². The lowest BCUT2D eigenvalue weighted by Crippen LogP contribution is -2.53. The number of rotatable bonds is 8. The molecule has 2 N–H and O–H groups in total. The molecule has 7 rings (SSSR count). The molecule has 1 fully saturated rings. The van der Waals surface area contributed by atoms with Crippen LogP contribution in [0.2, 0.25) is 5.02 Å². The summed E-state index contributed by atoms with van der Waals surface area (Å²) in [5.74, 6) is 2.50. The number of pyridine rings is 1. The number of benzene rings is 2. The second-order valence-corrected chi connectivity index (χ2v) is 13.8. The fourth-order valence-corrected chi connectivity index (χ4v) is 8.49. The third kappa shape index (κ3) is 5.38. The van der Waals surface area contributed by atoms with Gasteiger partial charge in [0.1, 0.15) is 24.5 Å². The first kappa shape index (κ1) is 29.3. The van der Waals surface area contributed by atoms with Gasteiger partial charge in [0.05, 0.1) is 6.61 Å². The smallest absolute Gasteiger partial charge is 0.329 e. The largest absolute Gasteiger partial charge is 0.493 e. The van der Waals surface area contributed by atoms with Crippen LogP contribution in [0.1, 0.15) is 74.3 Å². The molecule has 3 aliphatic carbocycles. The Kier molecular flexibility index (Phi) is 7.86. The van der Waals surface area contributed by atoms with Crippen LogP contribution >= 0.6 is 11.6 Å². The maximum atomic E-state index is 12.8. The van der Waals surface area contributed by atoms with Gasteiger partial charge >= 0.3 is 5.97 Å². The molecule has 4 aliphatic rings. The molecule has 0 radical (unpaired) electrons. The second kappa shape index (κ2) is 11.8. The van der Waals surface area contributed by atoms with Gasteiger partial charge < -0.3 is 24.6 Å². The molecule has 1 spiro atoms. The van der Waals surface area contributed by atoms with E-state index in [1.54, 1.807) is 12.1 Å². The Hall–Kier alpha value is -3.45. The summed E-state index contributed by atoms with van der Waals surface area (Å²) in [6, 6.07) is 13.7. The normalized spacial score (nSPS) is 26.0. The number of halogens is 1. The minimum Gasteiger partial charge on any atom is -0.493 e. The van der Waals surface area contributed by atoms with Crippen molar-refractivity contribution < 1.29 is 24.1 Å². The Balaban J connectivity index is 1.14. The van der Waals surface area contributed by atoms with E-state index in [1.807, 2.05) is 24.4 Å². The van der Waals surface area contributed by atoms with Crippen molar-refractivity contribution in [1.29, 1.82) is 0 Å². The van der Waals surface area contributed by atoms with Gasteiger partial charge in [0.25, 0.3) is 0 Å². The van der Waals surface area contributed by atoms with E-state index in [4.69, 9.17) is 25.8 Å². The lowest BCUT2D eigenvalue weighted by molar-refractivity contribution is -0.144. The molecule has 1 saturated carbocycles. The third-order valence-corrected chi connectivity index (χ3v) is 10.8. The Morgan fingerprint density at radius 2 is 1.86 bits per heavy atom. The van der Waals surface area contributed by atoms with E-state index in [1.165, 1.54) is 35.2 Å². The number of carbonyl (C=O) groups is 1. The van der Waals surface area contributed by atoms with Gasteiger partial charge in [0, 0.05) is 28.2 Å². The maximum absolute atomic E-state index is 12.8. The van der Waals surface area contributed by atoms with Gasteiger partial charge in [-0.2, -0.15) is 0 Å². The van der Waals surface area contributed by atoms with E-state index in [0.29, 0.717) is 49.5 Å². The number of aromatic nitrogens is 1. The first-order valence-electron chi connectivity index (χ1n) is 16.1. The predicted octanol–water partition coefficient (Wildman–Crippen LogP) is 7.41.